The van der Waals surface area contributed by atoms with Crippen molar-refractivity contribution in [2.75, 3.05) is 7.05 Å². The highest BCUT2D eigenvalue weighted by atomic mass is 32.1. The van der Waals surface area contributed by atoms with Gasteiger partial charge in [-0.25, -0.2) is 0 Å². The van der Waals surface area contributed by atoms with Crippen LogP contribution in [0.4, 0.5) is 0 Å². The van der Waals surface area contributed by atoms with Crippen LogP contribution in [-0.4, -0.2) is 16.9 Å². The lowest BCUT2D eigenvalue weighted by molar-refractivity contribution is 0.410. The second-order valence-electron chi connectivity index (χ2n) is 4.37. The van der Waals surface area contributed by atoms with Gasteiger partial charge in [0.05, 0.1) is 6.04 Å². The van der Waals surface area contributed by atoms with Gasteiger partial charge in [0.25, 0.3) is 0 Å². The van der Waals surface area contributed by atoms with Gasteiger partial charge in [-0.05, 0) is 12.5 Å². The van der Waals surface area contributed by atoms with Gasteiger partial charge in [-0.15, -0.1) is 0 Å². The first-order valence-corrected chi connectivity index (χ1v) is 6.48. The molecule has 0 radical (unpaired) electrons. The summed E-state index contributed by atoms with van der Waals surface area (Å²) in [5.74, 6) is 0. The molecule has 0 aliphatic heterocycles. The number of rotatable bonds is 3. The molecule has 0 N–H and O–H groups in total. The molecule has 0 aliphatic rings. The van der Waals surface area contributed by atoms with E-state index in [-0.39, 0.29) is 6.04 Å². The molecule has 2 aromatic rings. The smallest absolute Gasteiger partial charge is 0.109 e. The van der Waals surface area contributed by atoms with E-state index in [2.05, 4.69) is 48.2 Å². The molecule has 0 bridgehead atoms. The van der Waals surface area contributed by atoms with Crippen LogP contribution in [0.3, 0.4) is 0 Å². The third kappa shape index (κ3) is 2.77. The summed E-state index contributed by atoms with van der Waals surface area (Å²) in [5.41, 5.74) is 2.37. The minimum absolute atomic E-state index is 0.277. The van der Waals surface area contributed by atoms with Crippen LogP contribution in [0.5, 0.6) is 0 Å². The first-order valence-electron chi connectivity index (χ1n) is 6.07. The van der Waals surface area contributed by atoms with Gasteiger partial charge < -0.3 is 4.90 Å². The Morgan fingerprint density at radius 2 is 1.44 bits per heavy atom. The van der Waals surface area contributed by atoms with E-state index < -0.39 is 0 Å². The maximum Gasteiger partial charge on any atom is 0.109 e. The zero-order chi connectivity index (χ0) is 13.0. The van der Waals surface area contributed by atoms with Crippen molar-refractivity contribution >= 4 is 17.2 Å². The fourth-order valence-electron chi connectivity index (χ4n) is 1.92. The van der Waals surface area contributed by atoms with Crippen molar-refractivity contribution in [2.45, 2.75) is 13.0 Å². The second-order valence-corrected chi connectivity index (χ2v) is 4.76. The van der Waals surface area contributed by atoms with Gasteiger partial charge >= 0.3 is 0 Å². The zero-order valence-corrected chi connectivity index (χ0v) is 11.5. The van der Waals surface area contributed by atoms with E-state index in [4.69, 9.17) is 12.2 Å². The van der Waals surface area contributed by atoms with Gasteiger partial charge in [0.15, 0.2) is 0 Å². The zero-order valence-electron chi connectivity index (χ0n) is 10.7. The molecular weight excluding hydrogens is 238 g/mol. The summed E-state index contributed by atoms with van der Waals surface area (Å²) < 4.78 is 0. The Hall–Kier alpha value is -1.67. The van der Waals surface area contributed by atoms with Crippen LogP contribution in [0.25, 0.3) is 0 Å². The predicted molar refractivity (Wildman–Crippen MR) is 80.8 cm³/mol. The Labute approximate surface area is 114 Å². The molecule has 2 heteroatoms. The molecule has 0 amide bonds. The summed E-state index contributed by atoms with van der Waals surface area (Å²) in [6.45, 7) is 2.17. The van der Waals surface area contributed by atoms with E-state index in [9.17, 15) is 0 Å². The average molecular weight is 255 g/mol. The van der Waals surface area contributed by atoms with Crippen LogP contribution in [0.1, 0.15) is 24.1 Å². The van der Waals surface area contributed by atoms with Gasteiger partial charge in [-0.3, -0.25) is 0 Å². The summed E-state index contributed by atoms with van der Waals surface area (Å²) in [6, 6.07) is 20.8. The highest BCUT2D eigenvalue weighted by Crippen LogP contribution is 2.20. The first-order chi connectivity index (χ1) is 8.70. The quantitative estimate of drug-likeness (QED) is 0.761. The van der Waals surface area contributed by atoms with Gasteiger partial charge in [-0.1, -0.05) is 72.9 Å². The molecule has 1 unspecified atom stereocenters. The minimum Gasteiger partial charge on any atom is -0.359 e. The molecule has 0 spiro atoms. The van der Waals surface area contributed by atoms with Crippen LogP contribution in [0, 0.1) is 0 Å². The Bertz CT molecular complexity index is 507. The molecule has 0 aromatic heterocycles. The third-order valence-corrected chi connectivity index (χ3v) is 3.73. The molecule has 1 nitrogen and oxygen atoms in total. The number of hydrogen-bond donors (Lipinski definition) is 0. The molecule has 0 saturated heterocycles. The van der Waals surface area contributed by atoms with E-state index >= 15 is 0 Å². The normalized spacial score (nSPS) is 11.9. The molecule has 2 aromatic carbocycles. The van der Waals surface area contributed by atoms with Crippen LogP contribution in [0.2, 0.25) is 0 Å². The lowest BCUT2D eigenvalue weighted by Gasteiger charge is -2.28. The lowest BCUT2D eigenvalue weighted by Crippen LogP contribution is -2.28. The lowest BCUT2D eigenvalue weighted by atomic mass is 10.1. The van der Waals surface area contributed by atoms with Crippen LogP contribution in [-0.2, 0) is 0 Å². The van der Waals surface area contributed by atoms with E-state index in [1.807, 2.05) is 31.3 Å². The molecule has 0 heterocycles. The summed E-state index contributed by atoms with van der Waals surface area (Å²) in [5, 5.41) is 0. The van der Waals surface area contributed by atoms with E-state index in [0.29, 0.717) is 0 Å². The topological polar surface area (TPSA) is 3.24 Å². The SMILES string of the molecule is CC(c1ccccc1)N(C)C(=S)c1ccccc1. The Morgan fingerprint density at radius 1 is 0.944 bits per heavy atom. The molecule has 92 valence electrons. The maximum absolute atomic E-state index is 5.55. The molecule has 18 heavy (non-hydrogen) atoms. The van der Waals surface area contributed by atoms with E-state index in [1.54, 1.807) is 0 Å². The van der Waals surface area contributed by atoms with E-state index in [0.717, 1.165) is 10.6 Å². The van der Waals surface area contributed by atoms with Crippen molar-refractivity contribution in [1.82, 2.24) is 4.90 Å². The van der Waals surface area contributed by atoms with Crippen LogP contribution < -0.4 is 0 Å². The van der Waals surface area contributed by atoms with Crippen LogP contribution >= 0.6 is 12.2 Å². The monoisotopic (exact) mass is 255 g/mol. The number of hydrogen-bond acceptors (Lipinski definition) is 1. The van der Waals surface area contributed by atoms with Gasteiger partial charge in [0.1, 0.15) is 4.99 Å². The fourth-order valence-corrected chi connectivity index (χ4v) is 2.21. The van der Waals surface area contributed by atoms with Crippen molar-refractivity contribution in [1.29, 1.82) is 0 Å². The molecular formula is C16H17NS. The standard InChI is InChI=1S/C16H17NS/c1-13(14-9-5-3-6-10-14)17(2)16(18)15-11-7-4-8-12-15/h3-13H,1-2H3. The highest BCUT2D eigenvalue weighted by Gasteiger charge is 2.15. The van der Waals surface area contributed by atoms with Crippen molar-refractivity contribution < 1.29 is 0 Å². The molecule has 2 rings (SSSR count). The van der Waals surface area contributed by atoms with Gasteiger partial charge in [-0.2, -0.15) is 0 Å². The minimum atomic E-state index is 0.277. The van der Waals surface area contributed by atoms with Crippen molar-refractivity contribution in [3.63, 3.8) is 0 Å². The number of thiocarbonyl (C=S) groups is 1. The second kappa shape index (κ2) is 5.78. The maximum atomic E-state index is 5.55. The van der Waals surface area contributed by atoms with Gasteiger partial charge in [0.2, 0.25) is 0 Å². The summed E-state index contributed by atoms with van der Waals surface area (Å²) >= 11 is 5.55. The van der Waals surface area contributed by atoms with Crippen molar-refractivity contribution in [3.05, 3.63) is 71.8 Å². The van der Waals surface area contributed by atoms with E-state index in [1.165, 1.54) is 5.56 Å². The highest BCUT2D eigenvalue weighted by molar-refractivity contribution is 7.80. The van der Waals surface area contributed by atoms with Crippen molar-refractivity contribution in [3.8, 4) is 0 Å². The third-order valence-electron chi connectivity index (χ3n) is 3.20. The Kier molecular flexibility index (Phi) is 4.11. The van der Waals surface area contributed by atoms with Crippen LogP contribution in [0.15, 0.2) is 60.7 Å². The van der Waals surface area contributed by atoms with Gasteiger partial charge in [0, 0.05) is 12.6 Å². The first kappa shape index (κ1) is 12.8. The number of nitrogens with zero attached hydrogens (tertiary/aromatic N) is 1. The van der Waals surface area contributed by atoms with Crippen molar-refractivity contribution in [2.24, 2.45) is 0 Å². The summed E-state index contributed by atoms with van der Waals surface area (Å²) in [7, 11) is 2.05. The summed E-state index contributed by atoms with van der Waals surface area (Å²) in [4.78, 5) is 3.02. The molecule has 1 atom stereocenters. The fraction of sp³-hybridized carbons (Fsp3) is 0.188. The summed E-state index contributed by atoms with van der Waals surface area (Å²) in [6.07, 6.45) is 0. The Morgan fingerprint density at radius 3 is 2.00 bits per heavy atom. The number of benzene rings is 2. The predicted octanol–water partition coefficient (Wildman–Crippen LogP) is 4.06. The molecule has 0 saturated carbocycles. The average Bonchev–Trinajstić information content (AvgIpc) is 2.47. The largest absolute Gasteiger partial charge is 0.359 e. The Balaban J connectivity index is 2.17. The molecule has 0 aliphatic carbocycles. The molecule has 0 fully saturated rings.